The average Bonchev–Trinajstić information content (AvgIpc) is 4.07. The highest BCUT2D eigenvalue weighted by molar-refractivity contribution is 7.20. The zero-order valence-corrected chi connectivity index (χ0v) is 38.7. The van der Waals surface area contributed by atoms with Crippen molar-refractivity contribution in [1.29, 1.82) is 5.26 Å². The Hall–Kier alpha value is -3.37. The highest BCUT2D eigenvalue weighted by atomic mass is 32.1. The predicted octanol–water partition coefficient (Wildman–Crippen LogP) is 12.4. The minimum absolute atomic E-state index is 0.165. The van der Waals surface area contributed by atoms with Crippen LogP contribution < -0.4 is 19.4 Å². The lowest BCUT2D eigenvalue weighted by Crippen LogP contribution is -2.57. The van der Waals surface area contributed by atoms with Gasteiger partial charge in [0.25, 0.3) is 5.70 Å². The zero-order chi connectivity index (χ0) is 39.4. The van der Waals surface area contributed by atoms with Crippen molar-refractivity contribution in [1.82, 2.24) is 0 Å². The van der Waals surface area contributed by atoms with Crippen LogP contribution >= 0.6 is 68.0 Å². The van der Waals surface area contributed by atoms with E-state index in [9.17, 15) is 5.26 Å². The molecule has 1 aliphatic heterocycles. The largest absolute Gasteiger partial charge is 0.278 e. The Balaban J connectivity index is 1.53. The fourth-order valence-corrected chi connectivity index (χ4v) is 22.9. The number of nitrogens with zero attached hydrogens (tertiary/aromatic N) is 3. The van der Waals surface area contributed by atoms with Crippen molar-refractivity contribution in [3.05, 3.63) is 138 Å². The van der Waals surface area contributed by atoms with Crippen molar-refractivity contribution < 1.29 is 0 Å². The van der Waals surface area contributed by atoms with Gasteiger partial charge in [-0.15, -0.1) is 68.0 Å². The third-order valence-corrected chi connectivity index (χ3v) is 24.9. The third kappa shape index (κ3) is 8.03. The summed E-state index contributed by atoms with van der Waals surface area (Å²) >= 11 is 11.1. The van der Waals surface area contributed by atoms with Crippen LogP contribution in [0.2, 0.25) is 12.1 Å². The second kappa shape index (κ2) is 18.0. The Labute approximate surface area is 354 Å². The number of hydrogen-bond donors (Lipinski definition) is 0. The van der Waals surface area contributed by atoms with Gasteiger partial charge in [0, 0.05) is 54.4 Å². The van der Waals surface area contributed by atoms with Crippen LogP contribution in [0, 0.1) is 81.6 Å². The van der Waals surface area contributed by atoms with E-state index in [1.807, 2.05) is 58.3 Å². The summed E-state index contributed by atoms with van der Waals surface area (Å²) in [6, 6.07) is 27.5. The molecule has 2 unspecified atom stereocenters. The van der Waals surface area contributed by atoms with Gasteiger partial charge >= 0.3 is 0 Å². The topological polar surface area (TPSA) is 32.5 Å². The van der Waals surface area contributed by atoms with Crippen LogP contribution in [0.15, 0.2) is 60.7 Å². The average molecular weight is 862 g/mol. The van der Waals surface area contributed by atoms with E-state index in [-0.39, 0.29) is 5.70 Å². The van der Waals surface area contributed by atoms with E-state index in [4.69, 9.17) is 13.1 Å². The van der Waals surface area contributed by atoms with E-state index in [2.05, 4.69) is 98.1 Å². The summed E-state index contributed by atoms with van der Waals surface area (Å²) in [4.78, 5) is 7.13. The lowest BCUT2D eigenvalue weighted by Gasteiger charge is -2.36. The first kappa shape index (κ1) is 40.8. The molecule has 0 radical (unpaired) electrons. The molecular weight excluding hydrogens is 815 g/mol. The molecule has 0 N–H and O–H groups in total. The Morgan fingerprint density at radius 2 is 1.04 bits per heavy atom. The zero-order valence-electron chi connectivity index (χ0n) is 32.8. The van der Waals surface area contributed by atoms with Gasteiger partial charge in [-0.1, -0.05) is 91.2 Å². The summed E-state index contributed by atoms with van der Waals surface area (Å²) in [5.74, 6) is 1.47. The van der Waals surface area contributed by atoms with E-state index in [1.54, 1.807) is 26.2 Å². The molecule has 0 saturated carbocycles. The lowest BCUT2D eigenvalue weighted by atomic mass is 10.0. The minimum Gasteiger partial charge on any atom is -0.241 e. The van der Waals surface area contributed by atoms with Crippen LogP contribution in [0.1, 0.15) is 86.0 Å². The van der Waals surface area contributed by atoms with Crippen LogP contribution in [0.4, 0.5) is 0 Å². The number of unbranched alkanes of at least 4 members (excludes halogenated alkanes) is 2. The molecule has 0 bridgehead atoms. The maximum Gasteiger partial charge on any atom is 0.278 e. The van der Waals surface area contributed by atoms with Crippen molar-refractivity contribution >= 4 is 97.9 Å². The summed E-state index contributed by atoms with van der Waals surface area (Å²) in [5, 5.41) is 12.9. The maximum atomic E-state index is 9.45. The van der Waals surface area contributed by atoms with Crippen molar-refractivity contribution in [2.75, 3.05) is 0 Å². The Bertz CT molecular complexity index is 3110. The van der Waals surface area contributed by atoms with Gasteiger partial charge < -0.3 is 0 Å². The molecule has 0 aromatic carbocycles. The first-order valence-electron chi connectivity index (χ1n) is 19.8. The SMILES string of the molecule is [C-]#[N+]/C(C)=c1/cc/c(=c2\cc/c(=c3/cc4c(s3)=c3s/c(=c5/cc/c(=c6\cc/c(=C(/C#N)[N+]#[C-])s6)s5)cc3[Si]4(CC(CC)CCCC)CC(CC)CCCC)s2)s1. The molecule has 0 saturated heterocycles. The number of thiophene rings is 6. The van der Waals surface area contributed by atoms with Gasteiger partial charge in [0.05, 0.1) is 19.2 Å². The van der Waals surface area contributed by atoms with Gasteiger partial charge in [-0.05, 0) is 89.8 Å². The lowest BCUT2D eigenvalue weighted by molar-refractivity contribution is 0.469. The molecule has 3 nitrogen and oxygen atoms in total. The molecule has 1 aliphatic rings. The molecule has 7 rings (SSSR count). The predicted molar refractivity (Wildman–Crippen MR) is 246 cm³/mol. The van der Waals surface area contributed by atoms with Crippen LogP contribution in [0.5, 0.6) is 0 Å². The van der Waals surface area contributed by atoms with Gasteiger partial charge in [0.2, 0.25) is 0 Å². The summed E-state index contributed by atoms with van der Waals surface area (Å²) in [6.45, 7) is 26.4. The molecule has 0 fully saturated rings. The van der Waals surface area contributed by atoms with Gasteiger partial charge in [0.15, 0.2) is 5.70 Å². The molecule has 6 aromatic heterocycles. The summed E-state index contributed by atoms with van der Waals surface area (Å²) in [7, 11) is -2.17. The van der Waals surface area contributed by atoms with E-state index in [1.165, 1.54) is 111 Å². The number of nitriles is 1. The Morgan fingerprint density at radius 1 is 0.607 bits per heavy atom. The number of rotatable bonds is 12. The van der Waals surface area contributed by atoms with Crippen LogP contribution in [-0.2, 0) is 0 Å². The normalized spacial score (nSPS) is 19.3. The van der Waals surface area contributed by atoms with Gasteiger partial charge in [0.1, 0.15) is 8.07 Å². The molecule has 7 heterocycles. The molecule has 10 heteroatoms. The molecule has 0 spiro atoms. The molecule has 56 heavy (non-hydrogen) atoms. The Morgan fingerprint density at radius 3 is 1.46 bits per heavy atom. The standard InChI is InChI=1S/C46H47N3S6Si/c1-8-12-14-30(10-3)27-56(28-31(11-4)15-13-9-2)43-24-41(39-22-20-37(52-39)35-18-16-33(50-35)29(5)48-6)54-45(43)46-44(56)25-42(55-46)40-23-21-38(53-40)36-19-17-34(51-36)32(26-47)49-7/h16-25,30-31H,8-15,27-28H2,1-5H3/b33-29-,34-32+,37-35-,38-36-,41-39+,42-40-. The molecule has 6 aromatic rings. The number of fused-ring (bicyclic) bond motifs is 2. The summed E-state index contributed by atoms with van der Waals surface area (Å²) in [6.07, 6.45) is 10.3. The molecule has 2 atom stereocenters. The molecule has 0 amide bonds. The quantitative estimate of drug-likeness (QED) is 0.0891. The second-order valence-electron chi connectivity index (χ2n) is 15.0. The van der Waals surface area contributed by atoms with E-state index >= 15 is 0 Å². The maximum absolute atomic E-state index is 9.45. The summed E-state index contributed by atoms with van der Waals surface area (Å²) < 4.78 is 15.2. The van der Waals surface area contributed by atoms with Gasteiger partial charge in [-0.25, -0.2) is 15.0 Å². The highest BCUT2D eigenvalue weighted by Crippen LogP contribution is 2.38. The summed E-state index contributed by atoms with van der Waals surface area (Å²) in [5.41, 5.74) is 0.927. The van der Waals surface area contributed by atoms with Crippen LogP contribution in [0.3, 0.4) is 0 Å². The fraction of sp³-hybridized carbons (Fsp3) is 0.370. The molecule has 286 valence electrons. The first-order valence-corrected chi connectivity index (χ1v) is 27.2. The van der Waals surface area contributed by atoms with Crippen molar-refractivity contribution in [3.8, 4) is 6.07 Å². The van der Waals surface area contributed by atoms with E-state index in [0.717, 1.165) is 31.1 Å². The monoisotopic (exact) mass is 861 g/mol. The van der Waals surface area contributed by atoms with Crippen LogP contribution in [0.25, 0.3) is 21.1 Å². The van der Waals surface area contributed by atoms with Crippen molar-refractivity contribution in [3.63, 3.8) is 0 Å². The fourth-order valence-electron chi connectivity index (χ4n) is 8.27. The minimum atomic E-state index is -2.17. The van der Waals surface area contributed by atoms with E-state index in [0.29, 0.717) is 0 Å². The molecular formula is C46H47N3S6Si. The third-order valence-electron chi connectivity index (χ3n) is 11.4. The van der Waals surface area contributed by atoms with Gasteiger partial charge in [-0.3, -0.25) is 0 Å². The number of hydrogen-bond acceptors (Lipinski definition) is 7. The Kier molecular flexibility index (Phi) is 13.2. The van der Waals surface area contributed by atoms with E-state index < -0.39 is 8.07 Å². The smallest absolute Gasteiger partial charge is 0.241 e. The second-order valence-corrected chi connectivity index (χ2v) is 25.5. The van der Waals surface area contributed by atoms with Crippen LogP contribution in [-0.4, -0.2) is 8.07 Å². The first-order chi connectivity index (χ1) is 27.3. The van der Waals surface area contributed by atoms with Gasteiger partial charge in [-0.2, -0.15) is 0 Å². The molecule has 0 aliphatic carbocycles. The van der Waals surface area contributed by atoms with Crippen molar-refractivity contribution in [2.45, 2.75) is 98.1 Å². The highest BCUT2D eigenvalue weighted by Gasteiger charge is 2.46. The van der Waals surface area contributed by atoms with Crippen molar-refractivity contribution in [2.24, 2.45) is 11.8 Å².